The van der Waals surface area contributed by atoms with E-state index < -0.39 is 0 Å². The van der Waals surface area contributed by atoms with Crippen LogP contribution in [0, 0.1) is 0 Å². The van der Waals surface area contributed by atoms with Gasteiger partial charge in [-0.1, -0.05) is 74.7 Å². The van der Waals surface area contributed by atoms with Gasteiger partial charge < -0.3 is 4.57 Å². The van der Waals surface area contributed by atoms with E-state index in [2.05, 4.69) is 72.2 Å². The van der Waals surface area contributed by atoms with Crippen molar-refractivity contribution in [3.8, 4) is 11.3 Å². The Hall–Kier alpha value is -2.02. The number of unbranched alkanes of at least 4 members (excludes halogenated alkanes) is 3. The first-order valence-corrected chi connectivity index (χ1v) is 8.04. The van der Waals surface area contributed by atoms with Crippen molar-refractivity contribution in [1.29, 1.82) is 0 Å². The van der Waals surface area contributed by atoms with E-state index in [-0.39, 0.29) is 0 Å². The number of aromatic nitrogens is 1. The number of hydrogen-bond donors (Lipinski definition) is 0. The molecule has 3 aromatic rings. The summed E-state index contributed by atoms with van der Waals surface area (Å²) in [5.41, 5.74) is 4.00. The molecule has 0 spiro atoms. The van der Waals surface area contributed by atoms with Crippen molar-refractivity contribution < 1.29 is 0 Å². The van der Waals surface area contributed by atoms with Gasteiger partial charge in [0.15, 0.2) is 0 Å². The number of benzene rings is 2. The Labute approximate surface area is 127 Å². The SMILES string of the molecule is CCCCCCn1c(-c2ccccc2)cc2ccccc21. The van der Waals surface area contributed by atoms with Gasteiger partial charge in [-0.05, 0) is 24.1 Å². The standard InChI is InChI=1S/C20H23N/c1-2-3-4-10-15-21-19-14-9-8-13-18(19)16-20(21)17-11-6-5-7-12-17/h5-9,11-14,16H,2-4,10,15H2,1H3. The lowest BCUT2D eigenvalue weighted by Crippen LogP contribution is -2.00. The topological polar surface area (TPSA) is 4.93 Å². The van der Waals surface area contributed by atoms with E-state index in [0.717, 1.165) is 6.54 Å². The number of hydrogen-bond acceptors (Lipinski definition) is 0. The molecule has 0 unspecified atom stereocenters. The highest BCUT2D eigenvalue weighted by atomic mass is 15.0. The molecule has 0 aliphatic carbocycles. The van der Waals surface area contributed by atoms with Gasteiger partial charge in [0.1, 0.15) is 0 Å². The molecule has 0 atom stereocenters. The van der Waals surface area contributed by atoms with E-state index in [1.54, 1.807) is 0 Å². The minimum Gasteiger partial charge on any atom is -0.340 e. The molecule has 0 fully saturated rings. The van der Waals surface area contributed by atoms with E-state index in [4.69, 9.17) is 0 Å². The highest BCUT2D eigenvalue weighted by molar-refractivity contribution is 5.87. The zero-order valence-corrected chi connectivity index (χ0v) is 12.8. The van der Waals surface area contributed by atoms with E-state index in [0.29, 0.717) is 0 Å². The fourth-order valence-corrected chi connectivity index (χ4v) is 3.00. The lowest BCUT2D eigenvalue weighted by atomic mass is 10.1. The first-order chi connectivity index (χ1) is 10.4. The third-order valence-corrected chi connectivity index (χ3v) is 4.12. The number of aryl methyl sites for hydroxylation is 1. The summed E-state index contributed by atoms with van der Waals surface area (Å²) in [5.74, 6) is 0. The smallest absolute Gasteiger partial charge is 0.0491 e. The van der Waals surface area contributed by atoms with Crippen LogP contribution >= 0.6 is 0 Å². The molecule has 108 valence electrons. The second-order valence-corrected chi connectivity index (χ2v) is 5.67. The molecule has 0 saturated carbocycles. The zero-order chi connectivity index (χ0) is 14.5. The minimum atomic E-state index is 1.11. The van der Waals surface area contributed by atoms with Crippen LogP contribution in [0.5, 0.6) is 0 Å². The Morgan fingerprint density at radius 3 is 2.38 bits per heavy atom. The molecule has 1 aromatic heterocycles. The Kier molecular flexibility index (Phi) is 4.40. The van der Waals surface area contributed by atoms with E-state index in [9.17, 15) is 0 Å². The second kappa shape index (κ2) is 6.62. The molecule has 2 aromatic carbocycles. The maximum atomic E-state index is 2.49. The van der Waals surface area contributed by atoms with Gasteiger partial charge in [0.25, 0.3) is 0 Å². The zero-order valence-electron chi connectivity index (χ0n) is 12.8. The lowest BCUT2D eigenvalue weighted by Gasteiger charge is -2.11. The molecular formula is C20H23N. The molecule has 0 aliphatic rings. The molecule has 1 heterocycles. The summed E-state index contributed by atoms with van der Waals surface area (Å²) >= 11 is 0. The Bertz CT molecular complexity index is 694. The van der Waals surface area contributed by atoms with Gasteiger partial charge in [-0.25, -0.2) is 0 Å². The van der Waals surface area contributed by atoms with Crippen LogP contribution in [0.25, 0.3) is 22.2 Å². The van der Waals surface area contributed by atoms with Crippen molar-refractivity contribution in [3.63, 3.8) is 0 Å². The summed E-state index contributed by atoms with van der Waals surface area (Å²) < 4.78 is 2.49. The van der Waals surface area contributed by atoms with Gasteiger partial charge in [0, 0.05) is 23.1 Å². The van der Waals surface area contributed by atoms with Crippen molar-refractivity contribution in [2.24, 2.45) is 0 Å². The van der Waals surface area contributed by atoms with Gasteiger partial charge in [0.2, 0.25) is 0 Å². The van der Waals surface area contributed by atoms with Gasteiger partial charge in [0.05, 0.1) is 0 Å². The van der Waals surface area contributed by atoms with Crippen LogP contribution in [-0.4, -0.2) is 4.57 Å². The summed E-state index contributed by atoms with van der Waals surface area (Å²) in [6.45, 7) is 3.37. The second-order valence-electron chi connectivity index (χ2n) is 5.67. The quantitative estimate of drug-likeness (QED) is 0.495. The molecule has 1 heteroatoms. The first kappa shape index (κ1) is 13.9. The minimum absolute atomic E-state index is 1.11. The Balaban J connectivity index is 1.98. The number of fused-ring (bicyclic) bond motifs is 1. The van der Waals surface area contributed by atoms with Gasteiger partial charge in [-0.2, -0.15) is 0 Å². The molecule has 0 N–H and O–H groups in total. The van der Waals surface area contributed by atoms with E-state index >= 15 is 0 Å². The van der Waals surface area contributed by atoms with Gasteiger partial charge in [-0.15, -0.1) is 0 Å². The van der Waals surface area contributed by atoms with Crippen LogP contribution in [0.15, 0.2) is 60.7 Å². The molecule has 21 heavy (non-hydrogen) atoms. The lowest BCUT2D eigenvalue weighted by molar-refractivity contribution is 0.596. The monoisotopic (exact) mass is 277 g/mol. The average molecular weight is 277 g/mol. The van der Waals surface area contributed by atoms with Crippen LogP contribution in [0.3, 0.4) is 0 Å². The van der Waals surface area contributed by atoms with E-state index in [1.807, 2.05) is 0 Å². The third kappa shape index (κ3) is 3.02. The Morgan fingerprint density at radius 1 is 0.810 bits per heavy atom. The van der Waals surface area contributed by atoms with Crippen LogP contribution in [-0.2, 0) is 6.54 Å². The average Bonchev–Trinajstić information content (AvgIpc) is 2.91. The first-order valence-electron chi connectivity index (χ1n) is 8.04. The molecule has 0 amide bonds. The van der Waals surface area contributed by atoms with Crippen LogP contribution in [0.1, 0.15) is 32.6 Å². The van der Waals surface area contributed by atoms with Crippen molar-refractivity contribution >= 4 is 10.9 Å². The fraction of sp³-hybridized carbons (Fsp3) is 0.300. The van der Waals surface area contributed by atoms with Crippen molar-refractivity contribution in [2.75, 3.05) is 0 Å². The maximum absolute atomic E-state index is 2.49. The Morgan fingerprint density at radius 2 is 1.57 bits per heavy atom. The predicted octanol–water partition coefficient (Wildman–Crippen LogP) is 5.89. The van der Waals surface area contributed by atoms with Crippen LogP contribution in [0.2, 0.25) is 0 Å². The van der Waals surface area contributed by atoms with E-state index in [1.165, 1.54) is 47.8 Å². The highest BCUT2D eigenvalue weighted by Gasteiger charge is 2.09. The molecule has 0 bridgehead atoms. The van der Waals surface area contributed by atoms with Gasteiger partial charge in [-0.3, -0.25) is 0 Å². The molecule has 0 aliphatic heterocycles. The normalized spacial score (nSPS) is 11.1. The number of para-hydroxylation sites is 1. The van der Waals surface area contributed by atoms with Crippen LogP contribution < -0.4 is 0 Å². The maximum Gasteiger partial charge on any atom is 0.0491 e. The highest BCUT2D eigenvalue weighted by Crippen LogP contribution is 2.28. The number of nitrogens with zero attached hydrogens (tertiary/aromatic N) is 1. The van der Waals surface area contributed by atoms with Crippen molar-refractivity contribution in [2.45, 2.75) is 39.2 Å². The summed E-state index contributed by atoms with van der Waals surface area (Å²) in [4.78, 5) is 0. The summed E-state index contributed by atoms with van der Waals surface area (Å²) in [6, 6.07) is 21.8. The van der Waals surface area contributed by atoms with Crippen molar-refractivity contribution in [1.82, 2.24) is 4.57 Å². The largest absolute Gasteiger partial charge is 0.340 e. The third-order valence-electron chi connectivity index (χ3n) is 4.12. The summed E-state index contributed by atoms with van der Waals surface area (Å²) in [6.07, 6.45) is 5.20. The van der Waals surface area contributed by atoms with Crippen LogP contribution in [0.4, 0.5) is 0 Å². The molecule has 3 rings (SSSR count). The molecule has 0 radical (unpaired) electrons. The number of rotatable bonds is 6. The molecule has 1 nitrogen and oxygen atoms in total. The fourth-order valence-electron chi connectivity index (χ4n) is 3.00. The molecular weight excluding hydrogens is 254 g/mol. The summed E-state index contributed by atoms with van der Waals surface area (Å²) in [7, 11) is 0. The predicted molar refractivity (Wildman–Crippen MR) is 91.5 cm³/mol. The summed E-state index contributed by atoms with van der Waals surface area (Å²) in [5, 5.41) is 1.34. The van der Waals surface area contributed by atoms with Gasteiger partial charge >= 0.3 is 0 Å². The van der Waals surface area contributed by atoms with Crippen molar-refractivity contribution in [3.05, 3.63) is 60.7 Å². The molecule has 0 saturated heterocycles.